The SMILES string of the molecule is CCNC(=NCc1ccccc1N1CCOCC1)NCCCNC(=O)OC(C)(C)C. The Morgan fingerprint density at radius 1 is 1.13 bits per heavy atom. The highest BCUT2D eigenvalue weighted by molar-refractivity contribution is 5.79. The standard InChI is InChI=1S/C22H37N5O3/c1-5-23-20(24-11-8-12-25-21(28)30-22(2,3)4)26-17-18-9-6-7-10-19(18)27-13-15-29-16-14-27/h6-7,9-10H,5,8,11-17H2,1-4H3,(H,25,28)(H2,23,24,26). The number of benzene rings is 1. The molecule has 0 aromatic heterocycles. The molecular weight excluding hydrogens is 382 g/mol. The van der Waals surface area contributed by atoms with Crippen molar-refractivity contribution in [1.29, 1.82) is 0 Å². The lowest BCUT2D eigenvalue weighted by Gasteiger charge is -2.30. The Bertz CT molecular complexity index is 682. The van der Waals surface area contributed by atoms with Crippen LogP contribution >= 0.6 is 0 Å². The van der Waals surface area contributed by atoms with Crippen molar-refractivity contribution in [2.75, 3.05) is 50.8 Å². The summed E-state index contributed by atoms with van der Waals surface area (Å²) < 4.78 is 10.7. The second kappa shape index (κ2) is 12.3. The number of anilines is 1. The summed E-state index contributed by atoms with van der Waals surface area (Å²) in [5.74, 6) is 0.770. The number of morpholine rings is 1. The van der Waals surface area contributed by atoms with Crippen molar-refractivity contribution in [2.24, 2.45) is 4.99 Å². The smallest absolute Gasteiger partial charge is 0.407 e. The van der Waals surface area contributed by atoms with Gasteiger partial charge in [0.25, 0.3) is 0 Å². The van der Waals surface area contributed by atoms with Crippen molar-refractivity contribution in [2.45, 2.75) is 46.3 Å². The molecule has 1 amide bonds. The molecule has 1 aliphatic heterocycles. The Kier molecular flexibility index (Phi) is 9.73. The maximum absolute atomic E-state index is 11.7. The summed E-state index contributed by atoms with van der Waals surface area (Å²) in [6, 6.07) is 8.40. The van der Waals surface area contributed by atoms with E-state index in [9.17, 15) is 4.79 Å². The Balaban J connectivity index is 1.83. The molecule has 1 aromatic rings. The minimum absolute atomic E-state index is 0.386. The molecule has 8 heteroatoms. The van der Waals surface area contributed by atoms with Gasteiger partial charge in [-0.1, -0.05) is 18.2 Å². The zero-order valence-corrected chi connectivity index (χ0v) is 18.8. The number of nitrogens with one attached hydrogen (secondary N) is 3. The lowest BCUT2D eigenvalue weighted by atomic mass is 10.1. The van der Waals surface area contributed by atoms with Crippen molar-refractivity contribution < 1.29 is 14.3 Å². The van der Waals surface area contributed by atoms with Crippen LogP contribution < -0.4 is 20.9 Å². The van der Waals surface area contributed by atoms with Crippen LogP contribution in [0.15, 0.2) is 29.3 Å². The fourth-order valence-corrected chi connectivity index (χ4v) is 3.06. The first-order valence-electron chi connectivity index (χ1n) is 10.8. The highest BCUT2D eigenvalue weighted by Gasteiger charge is 2.16. The lowest BCUT2D eigenvalue weighted by Crippen LogP contribution is -2.39. The predicted molar refractivity (Wildman–Crippen MR) is 121 cm³/mol. The zero-order chi connectivity index (χ0) is 21.8. The topological polar surface area (TPSA) is 87.2 Å². The van der Waals surface area contributed by atoms with Gasteiger partial charge in [0.05, 0.1) is 19.8 Å². The Hall–Kier alpha value is -2.48. The van der Waals surface area contributed by atoms with E-state index < -0.39 is 5.60 Å². The minimum atomic E-state index is -0.481. The van der Waals surface area contributed by atoms with Gasteiger partial charge in [-0.15, -0.1) is 0 Å². The van der Waals surface area contributed by atoms with Crippen LogP contribution in [0.4, 0.5) is 10.5 Å². The number of nitrogens with zero attached hydrogens (tertiary/aromatic N) is 2. The first kappa shape index (κ1) is 23.8. The molecule has 1 saturated heterocycles. The lowest BCUT2D eigenvalue weighted by molar-refractivity contribution is 0.0527. The van der Waals surface area contributed by atoms with E-state index in [1.807, 2.05) is 27.7 Å². The van der Waals surface area contributed by atoms with Gasteiger partial charge in [0, 0.05) is 38.4 Å². The van der Waals surface area contributed by atoms with Gasteiger partial charge >= 0.3 is 6.09 Å². The second-order valence-corrected chi connectivity index (χ2v) is 8.13. The van der Waals surface area contributed by atoms with Crippen molar-refractivity contribution in [3.8, 4) is 0 Å². The van der Waals surface area contributed by atoms with Crippen LogP contribution in [-0.2, 0) is 16.0 Å². The highest BCUT2D eigenvalue weighted by atomic mass is 16.6. The molecule has 168 valence electrons. The maximum Gasteiger partial charge on any atom is 0.407 e. The number of hydrogen-bond donors (Lipinski definition) is 3. The first-order chi connectivity index (χ1) is 14.4. The van der Waals surface area contributed by atoms with E-state index in [4.69, 9.17) is 14.5 Å². The normalized spacial score (nSPS) is 14.9. The number of amides is 1. The number of para-hydroxylation sites is 1. The van der Waals surface area contributed by atoms with E-state index >= 15 is 0 Å². The molecule has 1 aromatic carbocycles. The number of rotatable bonds is 8. The number of ether oxygens (including phenoxy) is 2. The Morgan fingerprint density at radius 2 is 1.83 bits per heavy atom. The van der Waals surface area contributed by atoms with Crippen LogP contribution in [0.3, 0.4) is 0 Å². The Labute approximate surface area is 180 Å². The molecular formula is C22H37N5O3. The van der Waals surface area contributed by atoms with E-state index in [0.717, 1.165) is 45.2 Å². The summed E-state index contributed by atoms with van der Waals surface area (Å²) in [6.07, 6.45) is 0.386. The van der Waals surface area contributed by atoms with Crippen molar-refractivity contribution in [1.82, 2.24) is 16.0 Å². The maximum atomic E-state index is 11.7. The largest absolute Gasteiger partial charge is 0.444 e. The zero-order valence-electron chi connectivity index (χ0n) is 18.8. The number of carbonyl (C=O) groups excluding carboxylic acids is 1. The summed E-state index contributed by atoms with van der Waals surface area (Å²) in [5.41, 5.74) is 1.94. The monoisotopic (exact) mass is 419 g/mol. The van der Waals surface area contributed by atoms with Crippen LogP contribution in [0.25, 0.3) is 0 Å². The fraction of sp³-hybridized carbons (Fsp3) is 0.636. The number of carbonyl (C=O) groups is 1. The fourth-order valence-electron chi connectivity index (χ4n) is 3.06. The second-order valence-electron chi connectivity index (χ2n) is 8.13. The number of alkyl carbamates (subject to hydrolysis) is 1. The Morgan fingerprint density at radius 3 is 2.53 bits per heavy atom. The summed E-state index contributed by atoms with van der Waals surface area (Å²) in [6.45, 7) is 13.6. The molecule has 0 radical (unpaired) electrons. The average molecular weight is 420 g/mol. The molecule has 2 rings (SSSR count). The summed E-state index contributed by atoms with van der Waals surface area (Å²) in [4.78, 5) is 18.8. The third-order valence-electron chi connectivity index (χ3n) is 4.41. The molecule has 1 aliphatic rings. The van der Waals surface area contributed by atoms with Crippen LogP contribution in [0, 0.1) is 0 Å². The molecule has 0 aliphatic carbocycles. The van der Waals surface area contributed by atoms with Crippen LogP contribution in [0.1, 0.15) is 39.7 Å². The number of hydrogen-bond acceptors (Lipinski definition) is 5. The van der Waals surface area contributed by atoms with Gasteiger partial charge in [-0.05, 0) is 45.7 Å². The molecule has 30 heavy (non-hydrogen) atoms. The third-order valence-corrected chi connectivity index (χ3v) is 4.41. The van der Waals surface area contributed by atoms with Gasteiger partial charge in [0.1, 0.15) is 5.60 Å². The summed E-state index contributed by atoms with van der Waals surface area (Å²) in [5, 5.41) is 9.37. The number of aliphatic imine (C=N–C) groups is 1. The quantitative estimate of drug-likeness (QED) is 0.341. The van der Waals surface area contributed by atoms with Crippen molar-refractivity contribution in [3.63, 3.8) is 0 Å². The molecule has 8 nitrogen and oxygen atoms in total. The third kappa shape index (κ3) is 8.90. The average Bonchev–Trinajstić information content (AvgIpc) is 2.71. The summed E-state index contributed by atoms with van der Waals surface area (Å²) >= 11 is 0. The minimum Gasteiger partial charge on any atom is -0.444 e. The van der Waals surface area contributed by atoms with E-state index in [1.54, 1.807) is 0 Å². The molecule has 0 bridgehead atoms. The molecule has 0 atom stereocenters. The molecule has 3 N–H and O–H groups in total. The number of guanidine groups is 1. The van der Waals surface area contributed by atoms with E-state index in [1.165, 1.54) is 11.3 Å². The van der Waals surface area contributed by atoms with Crippen molar-refractivity contribution >= 4 is 17.7 Å². The first-order valence-corrected chi connectivity index (χ1v) is 10.8. The van der Waals surface area contributed by atoms with Gasteiger partial charge in [0.2, 0.25) is 0 Å². The van der Waals surface area contributed by atoms with Crippen LogP contribution in [0.5, 0.6) is 0 Å². The molecule has 0 unspecified atom stereocenters. The van der Waals surface area contributed by atoms with E-state index in [0.29, 0.717) is 19.6 Å². The predicted octanol–water partition coefficient (Wildman–Crippen LogP) is 2.49. The van der Waals surface area contributed by atoms with Gasteiger partial charge in [-0.25, -0.2) is 9.79 Å². The van der Waals surface area contributed by atoms with Gasteiger partial charge in [-0.2, -0.15) is 0 Å². The molecule has 1 fully saturated rings. The summed E-state index contributed by atoms with van der Waals surface area (Å²) in [7, 11) is 0. The van der Waals surface area contributed by atoms with Gasteiger partial charge < -0.3 is 30.3 Å². The van der Waals surface area contributed by atoms with Gasteiger partial charge in [0.15, 0.2) is 5.96 Å². The molecule has 0 spiro atoms. The van der Waals surface area contributed by atoms with Crippen LogP contribution in [0.2, 0.25) is 0 Å². The van der Waals surface area contributed by atoms with Crippen LogP contribution in [-0.4, -0.2) is 63.6 Å². The van der Waals surface area contributed by atoms with Gasteiger partial charge in [-0.3, -0.25) is 0 Å². The molecule has 0 saturated carbocycles. The highest BCUT2D eigenvalue weighted by Crippen LogP contribution is 2.22. The van der Waals surface area contributed by atoms with E-state index in [-0.39, 0.29) is 6.09 Å². The van der Waals surface area contributed by atoms with Crippen molar-refractivity contribution in [3.05, 3.63) is 29.8 Å². The van der Waals surface area contributed by atoms with E-state index in [2.05, 4.69) is 45.1 Å². The molecule has 1 heterocycles.